The lowest BCUT2D eigenvalue weighted by Crippen LogP contribution is -2.35. The predicted octanol–water partition coefficient (Wildman–Crippen LogP) is 2.61. The SMILES string of the molecule is COCCCNC(=O)C(=Cc1ccccc1)NC(=O)c1ccccc1. The Morgan fingerprint density at radius 1 is 1.00 bits per heavy atom. The molecule has 130 valence electrons. The highest BCUT2D eigenvalue weighted by Gasteiger charge is 2.14. The van der Waals surface area contributed by atoms with Gasteiger partial charge in [-0.15, -0.1) is 0 Å². The van der Waals surface area contributed by atoms with E-state index in [2.05, 4.69) is 10.6 Å². The zero-order chi connectivity index (χ0) is 17.9. The van der Waals surface area contributed by atoms with Crippen molar-refractivity contribution in [2.24, 2.45) is 0 Å². The van der Waals surface area contributed by atoms with Crippen LogP contribution in [0.25, 0.3) is 6.08 Å². The van der Waals surface area contributed by atoms with Crippen LogP contribution in [0, 0.1) is 0 Å². The molecule has 5 heteroatoms. The molecule has 0 aromatic heterocycles. The topological polar surface area (TPSA) is 67.4 Å². The number of hydrogen-bond acceptors (Lipinski definition) is 3. The molecule has 0 spiro atoms. The van der Waals surface area contributed by atoms with E-state index in [0.717, 1.165) is 5.56 Å². The van der Waals surface area contributed by atoms with Gasteiger partial charge in [0.2, 0.25) is 0 Å². The van der Waals surface area contributed by atoms with Crippen molar-refractivity contribution in [1.82, 2.24) is 10.6 Å². The van der Waals surface area contributed by atoms with E-state index >= 15 is 0 Å². The molecular formula is C20H22N2O3. The van der Waals surface area contributed by atoms with Crippen molar-refractivity contribution in [3.63, 3.8) is 0 Å². The normalized spacial score (nSPS) is 11.0. The van der Waals surface area contributed by atoms with Crippen molar-refractivity contribution in [1.29, 1.82) is 0 Å². The van der Waals surface area contributed by atoms with Gasteiger partial charge in [-0.25, -0.2) is 0 Å². The first-order valence-electron chi connectivity index (χ1n) is 8.11. The minimum atomic E-state index is -0.329. The first-order valence-corrected chi connectivity index (χ1v) is 8.11. The van der Waals surface area contributed by atoms with Gasteiger partial charge in [-0.05, 0) is 30.2 Å². The molecule has 2 amide bonds. The van der Waals surface area contributed by atoms with Crippen LogP contribution >= 0.6 is 0 Å². The molecule has 0 unspecified atom stereocenters. The standard InChI is InChI=1S/C20H22N2O3/c1-25-14-8-13-21-20(24)18(15-16-9-4-2-5-10-16)22-19(23)17-11-6-3-7-12-17/h2-7,9-12,15H,8,13-14H2,1H3,(H,21,24)(H,22,23). The fourth-order valence-corrected chi connectivity index (χ4v) is 2.17. The van der Waals surface area contributed by atoms with Gasteiger partial charge in [0.25, 0.3) is 11.8 Å². The van der Waals surface area contributed by atoms with Gasteiger partial charge in [-0.2, -0.15) is 0 Å². The molecule has 0 saturated carbocycles. The molecule has 25 heavy (non-hydrogen) atoms. The van der Waals surface area contributed by atoms with E-state index in [0.29, 0.717) is 25.1 Å². The third kappa shape index (κ3) is 6.24. The average molecular weight is 338 g/mol. The van der Waals surface area contributed by atoms with E-state index in [-0.39, 0.29) is 17.5 Å². The minimum absolute atomic E-state index is 0.206. The van der Waals surface area contributed by atoms with E-state index in [4.69, 9.17) is 4.74 Å². The fourth-order valence-electron chi connectivity index (χ4n) is 2.17. The summed E-state index contributed by atoms with van der Waals surface area (Å²) in [6, 6.07) is 18.2. The van der Waals surface area contributed by atoms with Crippen LogP contribution in [0.1, 0.15) is 22.3 Å². The number of carbonyl (C=O) groups excluding carboxylic acids is 2. The quantitative estimate of drug-likeness (QED) is 0.574. The highest BCUT2D eigenvalue weighted by atomic mass is 16.5. The smallest absolute Gasteiger partial charge is 0.267 e. The van der Waals surface area contributed by atoms with Crippen LogP contribution in [-0.4, -0.2) is 32.1 Å². The van der Waals surface area contributed by atoms with Gasteiger partial charge >= 0.3 is 0 Å². The number of amides is 2. The van der Waals surface area contributed by atoms with Gasteiger partial charge < -0.3 is 15.4 Å². The fraction of sp³-hybridized carbons (Fsp3) is 0.200. The Balaban J connectivity index is 2.13. The van der Waals surface area contributed by atoms with Crippen LogP contribution in [-0.2, 0) is 9.53 Å². The van der Waals surface area contributed by atoms with Crippen LogP contribution in [0.5, 0.6) is 0 Å². The van der Waals surface area contributed by atoms with Crippen LogP contribution in [0.2, 0.25) is 0 Å². The lowest BCUT2D eigenvalue weighted by atomic mass is 10.1. The summed E-state index contributed by atoms with van der Waals surface area (Å²) in [7, 11) is 1.61. The lowest BCUT2D eigenvalue weighted by molar-refractivity contribution is -0.117. The summed E-state index contributed by atoms with van der Waals surface area (Å²) in [6.45, 7) is 1.04. The molecule has 5 nitrogen and oxygen atoms in total. The van der Waals surface area contributed by atoms with E-state index in [1.165, 1.54) is 0 Å². The van der Waals surface area contributed by atoms with Crippen molar-refractivity contribution in [3.8, 4) is 0 Å². The molecule has 2 aromatic carbocycles. The molecule has 2 aromatic rings. The van der Waals surface area contributed by atoms with Crippen molar-refractivity contribution in [2.75, 3.05) is 20.3 Å². The molecule has 0 saturated heterocycles. The summed E-state index contributed by atoms with van der Waals surface area (Å²) in [6.07, 6.45) is 2.36. The molecule has 2 N–H and O–H groups in total. The zero-order valence-corrected chi connectivity index (χ0v) is 14.2. The Morgan fingerprint density at radius 3 is 2.28 bits per heavy atom. The molecule has 0 fully saturated rings. The molecule has 0 aliphatic carbocycles. The monoisotopic (exact) mass is 338 g/mol. The van der Waals surface area contributed by atoms with Gasteiger partial charge in [0.05, 0.1) is 0 Å². The van der Waals surface area contributed by atoms with E-state index < -0.39 is 0 Å². The summed E-state index contributed by atoms with van der Waals surface area (Å²) in [5, 5.41) is 5.49. The number of rotatable bonds is 8. The van der Waals surface area contributed by atoms with Crippen LogP contribution in [0.3, 0.4) is 0 Å². The molecule has 0 heterocycles. The number of ether oxygens (including phenoxy) is 1. The first kappa shape index (κ1) is 18.4. The number of hydrogen-bond donors (Lipinski definition) is 2. The summed E-state index contributed by atoms with van der Waals surface area (Å²) >= 11 is 0. The third-order valence-electron chi connectivity index (χ3n) is 3.45. The number of methoxy groups -OCH3 is 1. The van der Waals surface area contributed by atoms with Crippen molar-refractivity contribution in [2.45, 2.75) is 6.42 Å². The number of nitrogens with one attached hydrogen (secondary N) is 2. The Kier molecular flexibility index (Phi) is 7.41. The number of carbonyl (C=O) groups is 2. The Bertz CT molecular complexity index is 712. The molecule has 2 rings (SSSR count). The lowest BCUT2D eigenvalue weighted by Gasteiger charge is -2.11. The summed E-state index contributed by atoms with van der Waals surface area (Å²) in [5.74, 6) is -0.654. The van der Waals surface area contributed by atoms with Crippen molar-refractivity contribution < 1.29 is 14.3 Å². The molecule has 0 bridgehead atoms. The summed E-state index contributed by atoms with van der Waals surface area (Å²) in [5.41, 5.74) is 1.53. The minimum Gasteiger partial charge on any atom is -0.385 e. The van der Waals surface area contributed by atoms with Gasteiger partial charge in [0.1, 0.15) is 5.70 Å². The summed E-state index contributed by atoms with van der Waals surface area (Å²) in [4.78, 5) is 24.8. The third-order valence-corrected chi connectivity index (χ3v) is 3.45. The maximum absolute atomic E-state index is 12.4. The van der Waals surface area contributed by atoms with Crippen LogP contribution in [0.15, 0.2) is 66.4 Å². The highest BCUT2D eigenvalue weighted by molar-refractivity contribution is 6.05. The Morgan fingerprint density at radius 2 is 1.64 bits per heavy atom. The van der Waals surface area contributed by atoms with E-state index in [1.54, 1.807) is 37.5 Å². The molecule has 0 atom stereocenters. The van der Waals surface area contributed by atoms with Crippen molar-refractivity contribution >= 4 is 17.9 Å². The second-order valence-electron chi connectivity index (χ2n) is 5.39. The molecule has 0 aliphatic heterocycles. The molecular weight excluding hydrogens is 316 g/mol. The Hall–Kier alpha value is -2.92. The second-order valence-corrected chi connectivity index (χ2v) is 5.39. The van der Waals surface area contributed by atoms with Gasteiger partial charge in [-0.1, -0.05) is 48.5 Å². The predicted molar refractivity (Wildman–Crippen MR) is 97.8 cm³/mol. The maximum atomic E-state index is 12.4. The Labute approximate surface area is 147 Å². The maximum Gasteiger partial charge on any atom is 0.267 e. The van der Waals surface area contributed by atoms with Gasteiger partial charge in [-0.3, -0.25) is 9.59 Å². The van der Waals surface area contributed by atoms with E-state index in [9.17, 15) is 9.59 Å². The van der Waals surface area contributed by atoms with Crippen LogP contribution in [0.4, 0.5) is 0 Å². The van der Waals surface area contributed by atoms with E-state index in [1.807, 2.05) is 36.4 Å². The van der Waals surface area contributed by atoms with Gasteiger partial charge in [0.15, 0.2) is 0 Å². The first-order chi connectivity index (χ1) is 12.2. The highest BCUT2D eigenvalue weighted by Crippen LogP contribution is 2.07. The zero-order valence-electron chi connectivity index (χ0n) is 14.2. The van der Waals surface area contributed by atoms with Crippen molar-refractivity contribution in [3.05, 3.63) is 77.5 Å². The largest absolute Gasteiger partial charge is 0.385 e. The van der Waals surface area contributed by atoms with Gasteiger partial charge in [0, 0.05) is 25.8 Å². The van der Waals surface area contributed by atoms with Crippen LogP contribution < -0.4 is 10.6 Å². The molecule has 0 radical (unpaired) electrons. The average Bonchev–Trinajstić information content (AvgIpc) is 2.66. The summed E-state index contributed by atoms with van der Waals surface area (Å²) < 4.78 is 4.97. The molecule has 0 aliphatic rings. The second kappa shape index (κ2) is 10.1. The number of benzene rings is 2.